The van der Waals surface area contributed by atoms with Crippen LogP contribution >= 0.6 is 22.6 Å². The molecule has 0 saturated carbocycles. The van der Waals surface area contributed by atoms with Crippen LogP contribution in [-0.2, 0) is 11.3 Å². The van der Waals surface area contributed by atoms with Gasteiger partial charge in [0.25, 0.3) is 5.91 Å². The van der Waals surface area contributed by atoms with Crippen LogP contribution in [0.5, 0.6) is 11.5 Å². The maximum Gasteiger partial charge on any atom is 0.329 e. The van der Waals surface area contributed by atoms with Crippen molar-refractivity contribution in [2.75, 3.05) is 6.61 Å². The molecule has 1 fully saturated rings. The summed E-state index contributed by atoms with van der Waals surface area (Å²) in [5, 5.41) is 12.6. The number of carbonyl (C=O) groups excluding carboxylic acids is 2. The van der Waals surface area contributed by atoms with Crippen molar-refractivity contribution >= 4 is 40.6 Å². The predicted molar refractivity (Wildman–Crippen MR) is 110 cm³/mol. The summed E-state index contributed by atoms with van der Waals surface area (Å²) in [6, 6.07) is 10.6. The molecule has 2 aromatic carbocycles. The zero-order valence-corrected chi connectivity index (χ0v) is 17.1. The van der Waals surface area contributed by atoms with Crippen LogP contribution in [-0.4, -0.2) is 28.6 Å². The predicted octanol–water partition coefficient (Wildman–Crippen LogP) is 3.80. The van der Waals surface area contributed by atoms with Crippen LogP contribution in [0.25, 0.3) is 6.08 Å². The average Bonchev–Trinajstić information content (AvgIpc) is 2.88. The molecule has 6 nitrogen and oxygen atoms in total. The number of imide groups is 1. The maximum atomic E-state index is 12.6. The van der Waals surface area contributed by atoms with E-state index in [0.717, 1.165) is 11.1 Å². The fourth-order valence-corrected chi connectivity index (χ4v) is 3.33. The molecule has 0 bridgehead atoms. The molecule has 3 amide bonds. The minimum atomic E-state index is -0.453. The number of aromatic hydroxyl groups is 1. The quantitative estimate of drug-likeness (QED) is 0.390. The largest absolute Gasteiger partial charge is 0.504 e. The molecule has 1 aliphatic rings. The lowest BCUT2D eigenvalue weighted by Gasteiger charge is -2.12. The lowest BCUT2D eigenvalue weighted by atomic mass is 10.1. The molecular formula is C20H19IN2O4. The second kappa shape index (κ2) is 7.99. The summed E-state index contributed by atoms with van der Waals surface area (Å²) >= 11 is 1.99. The standard InChI is InChI=1S/C20H19IN2O4/c1-3-27-17-10-14(8-15(21)18(17)24)9-16-19(25)23(20(26)22-16)11-13-6-4-12(2)5-7-13/h4-10,24H,3,11H2,1-2H3,(H,22,26)/b16-9+. The smallest absolute Gasteiger partial charge is 0.329 e. The Balaban J connectivity index is 1.85. The number of aryl methyl sites for hydroxylation is 1. The van der Waals surface area contributed by atoms with Crippen molar-refractivity contribution in [3.05, 3.63) is 62.4 Å². The van der Waals surface area contributed by atoms with E-state index in [1.54, 1.807) is 18.2 Å². The second-order valence-electron chi connectivity index (χ2n) is 6.15. The number of phenols is 1. The van der Waals surface area contributed by atoms with E-state index in [0.29, 0.717) is 21.5 Å². The van der Waals surface area contributed by atoms with Crippen molar-refractivity contribution in [1.29, 1.82) is 0 Å². The van der Waals surface area contributed by atoms with E-state index >= 15 is 0 Å². The number of nitrogens with zero attached hydrogens (tertiary/aromatic N) is 1. The van der Waals surface area contributed by atoms with Gasteiger partial charge in [-0.2, -0.15) is 0 Å². The molecule has 1 heterocycles. The molecule has 2 N–H and O–H groups in total. The Labute approximate surface area is 171 Å². The van der Waals surface area contributed by atoms with E-state index < -0.39 is 6.03 Å². The highest BCUT2D eigenvalue weighted by molar-refractivity contribution is 14.1. The molecule has 0 spiro atoms. The third-order valence-electron chi connectivity index (χ3n) is 4.09. The summed E-state index contributed by atoms with van der Waals surface area (Å²) in [6.45, 7) is 4.41. The van der Waals surface area contributed by atoms with Gasteiger partial charge in [-0.15, -0.1) is 0 Å². The number of phenolic OH excluding ortho intramolecular Hbond substituents is 1. The highest BCUT2D eigenvalue weighted by Gasteiger charge is 2.33. The molecule has 0 aromatic heterocycles. The van der Waals surface area contributed by atoms with Crippen molar-refractivity contribution in [2.45, 2.75) is 20.4 Å². The molecule has 0 radical (unpaired) electrons. The summed E-state index contributed by atoms with van der Waals surface area (Å²) in [5.41, 5.74) is 2.84. The number of hydrogen-bond donors (Lipinski definition) is 2. The molecule has 0 unspecified atom stereocenters. The third kappa shape index (κ3) is 4.24. The number of nitrogens with one attached hydrogen (secondary N) is 1. The number of amides is 3. The van der Waals surface area contributed by atoms with Gasteiger partial charge in [-0.05, 0) is 65.8 Å². The Morgan fingerprint density at radius 1 is 1.22 bits per heavy atom. The van der Waals surface area contributed by atoms with Crippen molar-refractivity contribution in [1.82, 2.24) is 10.2 Å². The summed E-state index contributed by atoms with van der Waals surface area (Å²) in [7, 11) is 0. The maximum absolute atomic E-state index is 12.6. The first-order valence-electron chi connectivity index (χ1n) is 8.44. The van der Waals surface area contributed by atoms with Gasteiger partial charge in [-0.1, -0.05) is 29.8 Å². The summed E-state index contributed by atoms with van der Waals surface area (Å²) in [6.07, 6.45) is 1.58. The first kappa shape index (κ1) is 19.2. The molecule has 27 heavy (non-hydrogen) atoms. The molecule has 1 aliphatic heterocycles. The molecular weight excluding hydrogens is 459 g/mol. The average molecular weight is 478 g/mol. The Bertz CT molecular complexity index is 922. The minimum absolute atomic E-state index is 0.0578. The first-order valence-corrected chi connectivity index (χ1v) is 9.52. The summed E-state index contributed by atoms with van der Waals surface area (Å²) in [4.78, 5) is 26.1. The molecule has 1 saturated heterocycles. The fraction of sp³-hybridized carbons (Fsp3) is 0.200. The second-order valence-corrected chi connectivity index (χ2v) is 7.31. The molecule has 0 aliphatic carbocycles. The van der Waals surface area contributed by atoms with E-state index in [-0.39, 0.29) is 23.9 Å². The summed E-state index contributed by atoms with van der Waals surface area (Å²) in [5.74, 6) is 0.00790. The Morgan fingerprint density at radius 2 is 1.93 bits per heavy atom. The van der Waals surface area contributed by atoms with Crippen molar-refractivity contribution in [2.24, 2.45) is 0 Å². The van der Waals surface area contributed by atoms with Crippen LogP contribution in [0.2, 0.25) is 0 Å². The van der Waals surface area contributed by atoms with Gasteiger partial charge >= 0.3 is 6.03 Å². The van der Waals surface area contributed by atoms with Crippen molar-refractivity contribution in [3.8, 4) is 11.5 Å². The molecule has 7 heteroatoms. The van der Waals surface area contributed by atoms with Gasteiger partial charge in [-0.3, -0.25) is 9.69 Å². The lowest BCUT2D eigenvalue weighted by molar-refractivity contribution is -0.123. The lowest BCUT2D eigenvalue weighted by Crippen LogP contribution is -2.30. The van der Waals surface area contributed by atoms with Gasteiger partial charge in [0.05, 0.1) is 16.7 Å². The van der Waals surface area contributed by atoms with E-state index in [1.807, 2.05) is 60.7 Å². The Kier molecular flexibility index (Phi) is 5.69. The van der Waals surface area contributed by atoms with Crippen LogP contribution in [0.1, 0.15) is 23.6 Å². The van der Waals surface area contributed by atoms with Crippen LogP contribution in [0.15, 0.2) is 42.1 Å². The Hall–Kier alpha value is -2.55. The van der Waals surface area contributed by atoms with Crippen LogP contribution in [0, 0.1) is 10.5 Å². The van der Waals surface area contributed by atoms with Gasteiger partial charge in [0.2, 0.25) is 0 Å². The molecule has 2 aromatic rings. The first-order chi connectivity index (χ1) is 12.9. The van der Waals surface area contributed by atoms with Gasteiger partial charge < -0.3 is 15.2 Å². The van der Waals surface area contributed by atoms with Crippen LogP contribution in [0.4, 0.5) is 4.79 Å². The number of rotatable bonds is 5. The van der Waals surface area contributed by atoms with Crippen LogP contribution in [0.3, 0.4) is 0 Å². The monoisotopic (exact) mass is 478 g/mol. The highest BCUT2D eigenvalue weighted by atomic mass is 127. The molecule has 0 atom stereocenters. The number of ether oxygens (including phenoxy) is 1. The SMILES string of the molecule is CCOc1cc(/C=C2/NC(=O)N(Cc3ccc(C)cc3)C2=O)cc(I)c1O. The van der Waals surface area contributed by atoms with E-state index in [4.69, 9.17) is 4.74 Å². The highest BCUT2D eigenvalue weighted by Crippen LogP contribution is 2.33. The van der Waals surface area contributed by atoms with Gasteiger partial charge in [-0.25, -0.2) is 4.79 Å². The van der Waals surface area contributed by atoms with Crippen molar-refractivity contribution < 1.29 is 19.4 Å². The summed E-state index contributed by atoms with van der Waals surface area (Å²) < 4.78 is 6.01. The number of halogens is 1. The zero-order valence-electron chi connectivity index (χ0n) is 15.0. The van der Waals surface area contributed by atoms with Gasteiger partial charge in [0.15, 0.2) is 11.5 Å². The van der Waals surface area contributed by atoms with E-state index in [9.17, 15) is 14.7 Å². The van der Waals surface area contributed by atoms with E-state index in [2.05, 4.69) is 5.32 Å². The van der Waals surface area contributed by atoms with Gasteiger partial charge in [0, 0.05) is 0 Å². The number of carbonyl (C=O) groups is 2. The number of hydrogen-bond acceptors (Lipinski definition) is 4. The topological polar surface area (TPSA) is 78.9 Å². The Morgan fingerprint density at radius 3 is 2.59 bits per heavy atom. The number of urea groups is 1. The van der Waals surface area contributed by atoms with Crippen LogP contribution < -0.4 is 10.1 Å². The van der Waals surface area contributed by atoms with Gasteiger partial charge in [0.1, 0.15) is 5.70 Å². The zero-order chi connectivity index (χ0) is 19.6. The fourth-order valence-electron chi connectivity index (χ4n) is 2.70. The number of benzene rings is 2. The normalized spacial score (nSPS) is 15.4. The minimum Gasteiger partial charge on any atom is -0.504 e. The molecule has 3 rings (SSSR count). The third-order valence-corrected chi connectivity index (χ3v) is 4.91. The molecule has 140 valence electrons. The van der Waals surface area contributed by atoms with E-state index in [1.165, 1.54) is 4.90 Å². The van der Waals surface area contributed by atoms with Crippen molar-refractivity contribution in [3.63, 3.8) is 0 Å².